The maximum Gasteiger partial charge on any atom is 0.490 e. The number of carboxylic acid groups (broad SMARTS) is 1. The number of furan rings is 1. The van der Waals surface area contributed by atoms with Crippen molar-refractivity contribution in [1.29, 1.82) is 0 Å². The zero-order valence-corrected chi connectivity index (χ0v) is 18.6. The molecular weight excluding hydrogens is 471 g/mol. The van der Waals surface area contributed by atoms with Crippen LogP contribution in [0.5, 0.6) is 0 Å². The first-order valence-electron chi connectivity index (χ1n) is 10.2. The number of aliphatic carboxylic acids is 1. The Morgan fingerprint density at radius 3 is 2.62 bits per heavy atom. The predicted molar refractivity (Wildman–Crippen MR) is 117 cm³/mol. The molecule has 0 spiro atoms. The van der Waals surface area contributed by atoms with E-state index in [-0.39, 0.29) is 0 Å². The lowest BCUT2D eigenvalue weighted by atomic mass is 10.0. The minimum atomic E-state index is -5.08. The van der Waals surface area contributed by atoms with E-state index < -0.39 is 12.1 Å². The van der Waals surface area contributed by atoms with Crippen LogP contribution in [0.1, 0.15) is 27.4 Å². The normalized spacial score (nSPS) is 13.7. The number of thiophene rings is 1. The lowest BCUT2D eigenvalue weighted by molar-refractivity contribution is -0.192. The van der Waals surface area contributed by atoms with E-state index in [1.807, 2.05) is 24.5 Å². The van der Waals surface area contributed by atoms with Crippen LogP contribution in [0.4, 0.5) is 13.2 Å². The Bertz CT molecular complexity index is 1210. The molecular formula is C22H20F3N5O3S. The Kier molecular flexibility index (Phi) is 7.08. The van der Waals surface area contributed by atoms with E-state index >= 15 is 0 Å². The molecule has 0 bridgehead atoms. The maximum absolute atomic E-state index is 10.6. The van der Waals surface area contributed by atoms with Crippen molar-refractivity contribution in [3.05, 3.63) is 75.7 Å². The number of fused-ring (bicyclic) bond motifs is 1. The smallest absolute Gasteiger partial charge is 0.475 e. The highest BCUT2D eigenvalue weighted by atomic mass is 32.1. The summed E-state index contributed by atoms with van der Waals surface area (Å²) in [4.78, 5) is 21.6. The quantitative estimate of drug-likeness (QED) is 0.428. The van der Waals surface area contributed by atoms with Crippen LogP contribution >= 0.6 is 11.3 Å². The number of nitrogens with zero attached hydrogens (tertiary/aromatic N) is 4. The summed E-state index contributed by atoms with van der Waals surface area (Å²) >= 11 is 1.78. The third-order valence-corrected chi connectivity index (χ3v) is 5.99. The number of alkyl halides is 3. The molecule has 34 heavy (non-hydrogen) atoms. The molecule has 8 nitrogen and oxygen atoms in total. The van der Waals surface area contributed by atoms with Gasteiger partial charge in [0.2, 0.25) is 0 Å². The molecule has 0 aliphatic carbocycles. The van der Waals surface area contributed by atoms with Crippen molar-refractivity contribution >= 4 is 17.3 Å². The van der Waals surface area contributed by atoms with Crippen LogP contribution in [-0.4, -0.2) is 48.9 Å². The fourth-order valence-corrected chi connectivity index (χ4v) is 4.21. The van der Waals surface area contributed by atoms with Gasteiger partial charge in [-0.15, -0.1) is 11.3 Å². The van der Waals surface area contributed by atoms with Gasteiger partial charge in [-0.2, -0.15) is 18.3 Å². The molecule has 0 amide bonds. The van der Waals surface area contributed by atoms with Crippen LogP contribution in [-0.2, 0) is 30.7 Å². The fraction of sp³-hybridized carbons (Fsp3) is 0.273. The molecule has 0 fully saturated rings. The number of halogens is 3. The van der Waals surface area contributed by atoms with Crippen molar-refractivity contribution in [3.8, 4) is 11.6 Å². The van der Waals surface area contributed by atoms with E-state index in [1.165, 1.54) is 21.8 Å². The lowest BCUT2D eigenvalue weighted by Gasteiger charge is -2.26. The molecule has 178 valence electrons. The summed E-state index contributed by atoms with van der Waals surface area (Å²) in [6, 6.07) is 7.98. The number of H-pyrrole nitrogens is 1. The van der Waals surface area contributed by atoms with Crippen molar-refractivity contribution in [1.82, 2.24) is 25.1 Å². The molecule has 1 aliphatic heterocycles. The van der Waals surface area contributed by atoms with Gasteiger partial charge in [-0.1, -0.05) is 6.07 Å². The summed E-state index contributed by atoms with van der Waals surface area (Å²) in [5, 5.41) is 17.1. The Morgan fingerprint density at radius 1 is 1.24 bits per heavy atom. The second-order valence-corrected chi connectivity index (χ2v) is 8.57. The van der Waals surface area contributed by atoms with E-state index in [9.17, 15) is 13.2 Å². The monoisotopic (exact) mass is 491 g/mol. The summed E-state index contributed by atoms with van der Waals surface area (Å²) in [6.45, 7) is 2.75. The molecule has 0 unspecified atom stereocenters. The topological polar surface area (TPSA) is 108 Å². The largest absolute Gasteiger partial charge is 0.490 e. The van der Waals surface area contributed by atoms with Gasteiger partial charge in [-0.25, -0.2) is 14.8 Å². The molecule has 0 atom stereocenters. The average molecular weight is 491 g/mol. The van der Waals surface area contributed by atoms with Crippen molar-refractivity contribution in [2.45, 2.75) is 32.1 Å². The highest BCUT2D eigenvalue weighted by Crippen LogP contribution is 2.25. The third-order valence-electron chi connectivity index (χ3n) is 5.12. The van der Waals surface area contributed by atoms with Crippen molar-refractivity contribution in [2.75, 3.05) is 6.54 Å². The number of carboxylic acids is 1. The SMILES string of the molecule is O=C(O)C(F)(F)F.c1coc(-c2ncc(CN3CCc4[nH]nc(Cc5cccs5)c4C3)cn2)c1. The second-order valence-electron chi connectivity index (χ2n) is 7.54. The summed E-state index contributed by atoms with van der Waals surface area (Å²) in [5.74, 6) is -1.44. The van der Waals surface area contributed by atoms with Gasteiger partial charge in [-0.05, 0) is 23.6 Å². The molecule has 4 aromatic heterocycles. The van der Waals surface area contributed by atoms with Gasteiger partial charge in [0.15, 0.2) is 11.6 Å². The first-order valence-corrected chi connectivity index (χ1v) is 11.1. The van der Waals surface area contributed by atoms with Crippen molar-refractivity contribution < 1.29 is 27.5 Å². The third kappa shape index (κ3) is 5.88. The number of carbonyl (C=O) groups is 1. The number of aromatic amines is 1. The summed E-state index contributed by atoms with van der Waals surface area (Å²) in [7, 11) is 0. The van der Waals surface area contributed by atoms with Crippen LogP contribution in [0.25, 0.3) is 11.6 Å². The fourth-order valence-electron chi connectivity index (χ4n) is 3.50. The second kappa shape index (κ2) is 10.2. The number of aromatic nitrogens is 4. The van der Waals surface area contributed by atoms with E-state index in [0.29, 0.717) is 11.6 Å². The first kappa shape index (κ1) is 23.6. The summed E-state index contributed by atoms with van der Waals surface area (Å²) in [6.07, 6.45) is 2.23. The molecule has 12 heteroatoms. The van der Waals surface area contributed by atoms with Gasteiger partial charge < -0.3 is 9.52 Å². The van der Waals surface area contributed by atoms with Gasteiger partial charge in [0.05, 0.1) is 12.0 Å². The molecule has 1 aliphatic rings. The Labute approximate surface area is 196 Å². The Balaban J connectivity index is 0.000000344. The molecule has 0 saturated carbocycles. The summed E-state index contributed by atoms with van der Waals surface area (Å²) in [5.41, 5.74) is 4.91. The Hall–Kier alpha value is -3.51. The first-order chi connectivity index (χ1) is 16.3. The minimum Gasteiger partial charge on any atom is -0.475 e. The van der Waals surface area contributed by atoms with Gasteiger partial charge in [0, 0.05) is 66.6 Å². The summed E-state index contributed by atoms with van der Waals surface area (Å²) < 4.78 is 37.1. The van der Waals surface area contributed by atoms with E-state index in [2.05, 4.69) is 42.6 Å². The van der Waals surface area contributed by atoms with E-state index in [0.717, 1.165) is 38.0 Å². The number of rotatable bonds is 5. The number of nitrogens with one attached hydrogen (secondary N) is 1. The van der Waals surface area contributed by atoms with Crippen LogP contribution < -0.4 is 0 Å². The van der Waals surface area contributed by atoms with Crippen molar-refractivity contribution in [3.63, 3.8) is 0 Å². The zero-order valence-electron chi connectivity index (χ0n) is 17.7. The molecule has 5 rings (SSSR count). The molecule has 0 saturated heterocycles. The standard InChI is InChI=1S/C20H19N5OS.C2HF3O2/c1-4-19(26-7-1)20-21-10-14(11-22-20)12-25-6-5-17-16(13-25)18(24-23-17)9-15-3-2-8-27-15;3-2(4,5)1(6)7/h1-4,7-8,10-11H,5-6,9,12-13H2,(H,23,24);(H,6,7). The van der Waals surface area contributed by atoms with E-state index in [4.69, 9.17) is 14.3 Å². The highest BCUT2D eigenvalue weighted by molar-refractivity contribution is 7.09. The molecule has 0 aromatic carbocycles. The van der Waals surface area contributed by atoms with Crippen LogP contribution in [0, 0.1) is 0 Å². The van der Waals surface area contributed by atoms with Gasteiger partial charge >= 0.3 is 12.1 Å². The van der Waals surface area contributed by atoms with Crippen LogP contribution in [0.2, 0.25) is 0 Å². The molecule has 2 N–H and O–H groups in total. The van der Waals surface area contributed by atoms with Crippen LogP contribution in [0.15, 0.2) is 52.7 Å². The highest BCUT2D eigenvalue weighted by Gasteiger charge is 2.38. The predicted octanol–water partition coefficient (Wildman–Crippen LogP) is 4.30. The minimum absolute atomic E-state index is 0.623. The number of hydrogen-bond donors (Lipinski definition) is 2. The molecule has 0 radical (unpaired) electrons. The van der Waals surface area contributed by atoms with E-state index in [1.54, 1.807) is 17.6 Å². The maximum atomic E-state index is 10.6. The van der Waals surface area contributed by atoms with Gasteiger partial charge in [0.1, 0.15) is 0 Å². The Morgan fingerprint density at radius 2 is 2.00 bits per heavy atom. The van der Waals surface area contributed by atoms with Gasteiger partial charge in [0.25, 0.3) is 0 Å². The van der Waals surface area contributed by atoms with Crippen LogP contribution in [0.3, 0.4) is 0 Å². The molecule has 5 heterocycles. The zero-order chi connectivity index (χ0) is 24.1. The van der Waals surface area contributed by atoms with Gasteiger partial charge in [-0.3, -0.25) is 10.00 Å². The average Bonchev–Trinajstić information content (AvgIpc) is 3.58. The van der Waals surface area contributed by atoms with Crippen molar-refractivity contribution in [2.24, 2.45) is 0 Å². The number of hydrogen-bond acceptors (Lipinski definition) is 7. The molecule has 4 aromatic rings. The lowest BCUT2D eigenvalue weighted by Crippen LogP contribution is -2.30.